The van der Waals surface area contributed by atoms with Crippen molar-refractivity contribution in [3.63, 3.8) is 0 Å². The first-order chi connectivity index (χ1) is 11.1. The van der Waals surface area contributed by atoms with Gasteiger partial charge in [-0.1, -0.05) is 31.2 Å². The molecule has 1 heterocycles. The van der Waals surface area contributed by atoms with Crippen molar-refractivity contribution >= 4 is 29.9 Å². The molecule has 0 spiro atoms. The second-order valence-electron chi connectivity index (χ2n) is 7.00. The molecule has 4 nitrogen and oxygen atoms in total. The first-order valence-electron chi connectivity index (χ1n) is 8.84. The van der Waals surface area contributed by atoms with Crippen molar-refractivity contribution in [3.05, 3.63) is 35.4 Å². The van der Waals surface area contributed by atoms with E-state index in [1.165, 1.54) is 37.1 Å². The zero-order chi connectivity index (χ0) is 16.7. The van der Waals surface area contributed by atoms with Gasteiger partial charge in [-0.2, -0.15) is 0 Å². The number of nitrogens with one attached hydrogen (secondary N) is 2. The Hall–Kier alpha value is -0.820. The van der Waals surface area contributed by atoms with Crippen molar-refractivity contribution in [2.45, 2.75) is 52.7 Å². The SMILES string of the molecule is CN=C(NCc1cccc(CN2CCC(C)CC2)c1)NC(C)C.I. The molecule has 1 fully saturated rings. The Morgan fingerprint density at radius 3 is 2.54 bits per heavy atom. The third-order valence-electron chi connectivity index (χ3n) is 4.38. The maximum atomic E-state index is 4.25. The van der Waals surface area contributed by atoms with Gasteiger partial charge in [-0.05, 0) is 56.8 Å². The molecule has 1 aliphatic rings. The van der Waals surface area contributed by atoms with Gasteiger partial charge >= 0.3 is 0 Å². The fourth-order valence-electron chi connectivity index (χ4n) is 2.97. The van der Waals surface area contributed by atoms with Crippen LogP contribution in [-0.4, -0.2) is 37.0 Å². The molecule has 1 aliphatic heterocycles. The smallest absolute Gasteiger partial charge is 0.191 e. The molecule has 0 amide bonds. The van der Waals surface area contributed by atoms with Crippen LogP contribution in [0.2, 0.25) is 0 Å². The van der Waals surface area contributed by atoms with E-state index in [1.54, 1.807) is 0 Å². The van der Waals surface area contributed by atoms with E-state index in [1.807, 2.05) is 7.05 Å². The van der Waals surface area contributed by atoms with E-state index in [-0.39, 0.29) is 24.0 Å². The first-order valence-corrected chi connectivity index (χ1v) is 8.84. The van der Waals surface area contributed by atoms with E-state index in [4.69, 9.17) is 0 Å². The third-order valence-corrected chi connectivity index (χ3v) is 4.38. The summed E-state index contributed by atoms with van der Waals surface area (Å²) in [4.78, 5) is 6.83. The average molecular weight is 444 g/mol. The van der Waals surface area contributed by atoms with Gasteiger partial charge in [0, 0.05) is 26.2 Å². The highest BCUT2D eigenvalue weighted by molar-refractivity contribution is 14.0. The molecule has 0 atom stereocenters. The maximum absolute atomic E-state index is 4.25. The van der Waals surface area contributed by atoms with E-state index in [9.17, 15) is 0 Å². The number of halogens is 1. The molecule has 5 heteroatoms. The monoisotopic (exact) mass is 444 g/mol. The molecule has 136 valence electrons. The van der Waals surface area contributed by atoms with Crippen molar-refractivity contribution in [1.29, 1.82) is 0 Å². The molecule has 0 saturated carbocycles. The Morgan fingerprint density at radius 2 is 1.92 bits per heavy atom. The molecule has 0 unspecified atom stereocenters. The Labute approximate surface area is 164 Å². The number of likely N-dealkylation sites (tertiary alicyclic amines) is 1. The second-order valence-corrected chi connectivity index (χ2v) is 7.00. The molecule has 1 saturated heterocycles. The maximum Gasteiger partial charge on any atom is 0.191 e. The van der Waals surface area contributed by atoms with Crippen molar-refractivity contribution in [2.24, 2.45) is 10.9 Å². The second kappa shape index (κ2) is 10.9. The van der Waals surface area contributed by atoms with Crippen molar-refractivity contribution in [1.82, 2.24) is 15.5 Å². The van der Waals surface area contributed by atoms with Gasteiger partial charge in [0.05, 0.1) is 0 Å². The molecule has 2 rings (SSSR count). The van der Waals surface area contributed by atoms with Crippen molar-refractivity contribution in [2.75, 3.05) is 20.1 Å². The van der Waals surface area contributed by atoms with E-state index >= 15 is 0 Å². The topological polar surface area (TPSA) is 39.7 Å². The third kappa shape index (κ3) is 7.38. The number of aliphatic imine (C=N–C) groups is 1. The highest BCUT2D eigenvalue weighted by atomic mass is 127. The Bertz CT molecular complexity index is 508. The van der Waals surface area contributed by atoms with Gasteiger partial charge in [0.1, 0.15) is 0 Å². The average Bonchev–Trinajstić information content (AvgIpc) is 2.54. The molecule has 0 aromatic heterocycles. The molecular weight excluding hydrogens is 411 g/mol. The first kappa shape index (κ1) is 21.2. The van der Waals surface area contributed by atoms with Crippen LogP contribution in [0.3, 0.4) is 0 Å². The lowest BCUT2D eigenvalue weighted by Crippen LogP contribution is -2.40. The van der Waals surface area contributed by atoms with E-state index in [0.717, 1.165) is 25.0 Å². The van der Waals surface area contributed by atoms with Crippen molar-refractivity contribution < 1.29 is 0 Å². The largest absolute Gasteiger partial charge is 0.354 e. The lowest BCUT2D eigenvalue weighted by Gasteiger charge is -2.30. The van der Waals surface area contributed by atoms with Crippen LogP contribution < -0.4 is 10.6 Å². The fraction of sp³-hybridized carbons (Fsp3) is 0.632. The summed E-state index contributed by atoms with van der Waals surface area (Å²) in [7, 11) is 1.81. The zero-order valence-electron chi connectivity index (χ0n) is 15.5. The molecular formula is C19H33IN4. The summed E-state index contributed by atoms with van der Waals surface area (Å²) < 4.78 is 0. The molecule has 0 bridgehead atoms. The highest BCUT2D eigenvalue weighted by Gasteiger charge is 2.15. The normalized spacial score (nSPS) is 16.8. The summed E-state index contributed by atoms with van der Waals surface area (Å²) in [6.45, 7) is 10.9. The highest BCUT2D eigenvalue weighted by Crippen LogP contribution is 2.18. The minimum absolute atomic E-state index is 0. The minimum atomic E-state index is 0. The molecule has 1 aromatic rings. The van der Waals surface area contributed by atoms with E-state index in [2.05, 4.69) is 65.6 Å². The summed E-state index contributed by atoms with van der Waals surface area (Å²) in [6.07, 6.45) is 2.66. The van der Waals surface area contributed by atoms with Crippen LogP contribution in [0.4, 0.5) is 0 Å². The molecule has 2 N–H and O–H groups in total. The molecule has 0 aliphatic carbocycles. The summed E-state index contributed by atoms with van der Waals surface area (Å²) in [5, 5.41) is 6.69. The summed E-state index contributed by atoms with van der Waals surface area (Å²) in [5.74, 6) is 1.75. The number of piperidine rings is 1. The van der Waals surface area contributed by atoms with Crippen LogP contribution in [0.15, 0.2) is 29.3 Å². The number of rotatable bonds is 5. The zero-order valence-corrected chi connectivity index (χ0v) is 17.8. The molecule has 0 radical (unpaired) electrons. The fourth-order valence-corrected chi connectivity index (χ4v) is 2.97. The number of hydrogen-bond acceptors (Lipinski definition) is 2. The van der Waals surface area contributed by atoms with Crippen LogP contribution in [-0.2, 0) is 13.1 Å². The van der Waals surface area contributed by atoms with Crippen LogP contribution in [0, 0.1) is 5.92 Å². The van der Waals surface area contributed by atoms with E-state index in [0.29, 0.717) is 6.04 Å². The van der Waals surface area contributed by atoms with Gasteiger partial charge in [-0.15, -0.1) is 24.0 Å². The van der Waals surface area contributed by atoms with Gasteiger partial charge in [-0.3, -0.25) is 9.89 Å². The number of benzene rings is 1. The Morgan fingerprint density at radius 1 is 1.25 bits per heavy atom. The van der Waals surface area contributed by atoms with Crippen LogP contribution >= 0.6 is 24.0 Å². The Balaban J connectivity index is 0.00000288. The van der Waals surface area contributed by atoms with Crippen molar-refractivity contribution in [3.8, 4) is 0 Å². The number of guanidine groups is 1. The van der Waals surface area contributed by atoms with Crippen LogP contribution in [0.25, 0.3) is 0 Å². The lowest BCUT2D eigenvalue weighted by atomic mass is 9.98. The van der Waals surface area contributed by atoms with Crippen LogP contribution in [0.5, 0.6) is 0 Å². The minimum Gasteiger partial charge on any atom is -0.354 e. The van der Waals surface area contributed by atoms with Gasteiger partial charge in [-0.25, -0.2) is 0 Å². The summed E-state index contributed by atoms with van der Waals surface area (Å²) >= 11 is 0. The number of hydrogen-bond donors (Lipinski definition) is 2. The Kier molecular flexibility index (Phi) is 9.66. The number of nitrogens with zero attached hydrogens (tertiary/aromatic N) is 2. The van der Waals surface area contributed by atoms with Gasteiger partial charge in [0.2, 0.25) is 0 Å². The molecule has 1 aromatic carbocycles. The lowest BCUT2D eigenvalue weighted by molar-refractivity contribution is 0.185. The van der Waals surface area contributed by atoms with Gasteiger partial charge < -0.3 is 10.6 Å². The summed E-state index contributed by atoms with van der Waals surface area (Å²) in [5.41, 5.74) is 2.71. The summed E-state index contributed by atoms with van der Waals surface area (Å²) in [6, 6.07) is 9.28. The standard InChI is InChI=1S/C19H32N4.HI/c1-15(2)22-19(20-4)21-13-17-6-5-7-18(12-17)14-23-10-8-16(3)9-11-23;/h5-7,12,15-16H,8-11,13-14H2,1-4H3,(H2,20,21,22);1H. The quantitative estimate of drug-likeness (QED) is 0.414. The predicted octanol–water partition coefficient (Wildman–Crippen LogP) is 3.61. The molecule has 24 heavy (non-hydrogen) atoms. The van der Waals surface area contributed by atoms with Crippen LogP contribution in [0.1, 0.15) is 44.7 Å². The van der Waals surface area contributed by atoms with E-state index < -0.39 is 0 Å². The van der Waals surface area contributed by atoms with Gasteiger partial charge in [0.15, 0.2) is 5.96 Å². The predicted molar refractivity (Wildman–Crippen MR) is 114 cm³/mol. The van der Waals surface area contributed by atoms with Gasteiger partial charge in [0.25, 0.3) is 0 Å².